The Balaban J connectivity index is 3.50. The highest BCUT2D eigenvalue weighted by molar-refractivity contribution is 5.78. The van der Waals surface area contributed by atoms with Gasteiger partial charge in [0.15, 0.2) is 0 Å². The van der Waals surface area contributed by atoms with E-state index in [1.807, 2.05) is 0 Å². The first-order valence-corrected chi connectivity index (χ1v) is 7.22. The van der Waals surface area contributed by atoms with Crippen molar-refractivity contribution in [3.05, 3.63) is 0 Å². The molecule has 0 aliphatic rings. The molecule has 132 valence electrons. The van der Waals surface area contributed by atoms with Crippen LogP contribution in [0.2, 0.25) is 0 Å². The predicted octanol–water partition coefficient (Wildman–Crippen LogP) is -0.899. The van der Waals surface area contributed by atoms with E-state index in [2.05, 4.69) is 21.3 Å². The molecule has 4 N–H and O–H groups in total. The minimum absolute atomic E-state index is 0.0806. The zero-order valence-corrected chi connectivity index (χ0v) is 13.4. The van der Waals surface area contributed by atoms with Gasteiger partial charge in [0, 0.05) is 26.9 Å². The summed E-state index contributed by atoms with van der Waals surface area (Å²) in [4.78, 5) is 44.4. The fraction of sp³-hybridized carbons (Fsp3) is 0.692. The molecule has 0 spiro atoms. The maximum Gasteiger partial charge on any atom is 0.406 e. The van der Waals surface area contributed by atoms with E-state index >= 15 is 0 Å². The van der Waals surface area contributed by atoms with Gasteiger partial charge in [-0.2, -0.15) is 0 Å². The highest BCUT2D eigenvalue weighted by Gasteiger charge is 2.06. The van der Waals surface area contributed by atoms with Crippen LogP contribution in [0.3, 0.4) is 0 Å². The molecule has 10 heteroatoms. The van der Waals surface area contributed by atoms with Crippen molar-refractivity contribution in [2.24, 2.45) is 0 Å². The molecule has 0 aliphatic carbocycles. The van der Waals surface area contributed by atoms with Crippen LogP contribution in [0, 0.1) is 0 Å². The number of amides is 4. The molecule has 0 aromatic carbocycles. The number of carbonyl (C=O) groups excluding carboxylic acids is 4. The molecule has 0 atom stereocenters. The van der Waals surface area contributed by atoms with Crippen LogP contribution in [0.1, 0.15) is 19.3 Å². The Hall–Kier alpha value is -2.52. The lowest BCUT2D eigenvalue weighted by atomic mass is 10.2. The lowest BCUT2D eigenvalue weighted by Crippen LogP contribution is -2.31. The summed E-state index contributed by atoms with van der Waals surface area (Å²) in [5.41, 5.74) is 0. The first kappa shape index (κ1) is 20.5. The van der Waals surface area contributed by atoms with E-state index in [9.17, 15) is 19.2 Å². The first-order valence-electron chi connectivity index (χ1n) is 7.22. The summed E-state index contributed by atoms with van der Waals surface area (Å²) >= 11 is 0. The Kier molecular flexibility index (Phi) is 11.7. The summed E-state index contributed by atoms with van der Waals surface area (Å²) < 4.78 is 9.39. The van der Waals surface area contributed by atoms with Crippen LogP contribution < -0.4 is 21.3 Å². The third-order valence-electron chi connectivity index (χ3n) is 2.53. The van der Waals surface area contributed by atoms with Gasteiger partial charge in [0.2, 0.25) is 11.8 Å². The minimum Gasteiger partial charge on any atom is -0.448 e. The molecule has 0 aromatic heterocycles. The van der Waals surface area contributed by atoms with Crippen molar-refractivity contribution in [2.75, 3.05) is 40.4 Å². The first-order chi connectivity index (χ1) is 11.0. The van der Waals surface area contributed by atoms with Gasteiger partial charge in [0.25, 0.3) is 0 Å². The van der Waals surface area contributed by atoms with Gasteiger partial charge in [-0.05, 0) is 6.42 Å². The molecule has 0 rings (SSSR count). The van der Waals surface area contributed by atoms with E-state index in [0.717, 1.165) is 0 Å². The highest BCUT2D eigenvalue weighted by atomic mass is 16.6. The quantitative estimate of drug-likeness (QED) is 0.383. The molecule has 0 saturated heterocycles. The van der Waals surface area contributed by atoms with Crippen LogP contribution >= 0.6 is 0 Å². The van der Waals surface area contributed by atoms with Crippen LogP contribution in [0.15, 0.2) is 0 Å². The smallest absolute Gasteiger partial charge is 0.406 e. The number of hydrogen-bond acceptors (Lipinski definition) is 6. The molecule has 23 heavy (non-hydrogen) atoms. The van der Waals surface area contributed by atoms with Gasteiger partial charge in [0.1, 0.15) is 13.2 Å². The number of carbonyl (C=O) groups is 4. The van der Waals surface area contributed by atoms with Crippen LogP contribution in [-0.2, 0) is 19.1 Å². The summed E-state index contributed by atoms with van der Waals surface area (Å²) in [5.74, 6) is -0.442. The Morgan fingerprint density at radius 2 is 1.13 bits per heavy atom. The molecule has 0 radical (unpaired) electrons. The molecule has 0 heterocycles. The third kappa shape index (κ3) is 12.9. The van der Waals surface area contributed by atoms with E-state index < -0.39 is 12.2 Å². The van der Waals surface area contributed by atoms with Crippen LogP contribution in [0.5, 0.6) is 0 Å². The number of ether oxygens (including phenoxy) is 2. The van der Waals surface area contributed by atoms with Gasteiger partial charge >= 0.3 is 12.2 Å². The number of nitrogens with one attached hydrogen (secondary N) is 4. The molecular formula is C13H24N4O6. The Labute approximate surface area is 134 Å². The highest BCUT2D eigenvalue weighted by Crippen LogP contribution is 1.95. The van der Waals surface area contributed by atoms with E-state index in [0.29, 0.717) is 6.42 Å². The Morgan fingerprint density at radius 3 is 1.48 bits per heavy atom. The zero-order valence-electron chi connectivity index (χ0n) is 13.4. The topological polar surface area (TPSA) is 135 Å². The molecule has 0 unspecified atom stereocenters. The lowest BCUT2D eigenvalue weighted by Gasteiger charge is -2.07. The molecule has 4 amide bonds. The number of alkyl carbamates (subject to hydrolysis) is 2. The van der Waals surface area contributed by atoms with Crippen molar-refractivity contribution >= 4 is 24.0 Å². The van der Waals surface area contributed by atoms with E-state index in [1.165, 1.54) is 14.1 Å². The van der Waals surface area contributed by atoms with Gasteiger partial charge in [-0.3, -0.25) is 9.59 Å². The van der Waals surface area contributed by atoms with Crippen molar-refractivity contribution in [3.63, 3.8) is 0 Å². The molecule has 10 nitrogen and oxygen atoms in total. The average Bonchev–Trinajstić information content (AvgIpc) is 2.54. The standard InChI is InChI=1S/C13H24N4O6/c1-14-12(20)22-8-6-16-10(18)4-3-5-11(19)17-7-9-23-13(21)15-2/h3-9H2,1-2H3,(H,14,20)(H,15,21)(H,16,18)(H,17,19). The van der Waals surface area contributed by atoms with Crippen LogP contribution in [-0.4, -0.2) is 64.4 Å². The van der Waals surface area contributed by atoms with E-state index in [-0.39, 0.29) is 51.0 Å². The Bertz CT molecular complexity index is 366. The van der Waals surface area contributed by atoms with Gasteiger partial charge in [-0.1, -0.05) is 0 Å². The van der Waals surface area contributed by atoms with Crippen molar-refractivity contribution in [2.45, 2.75) is 19.3 Å². The summed E-state index contributed by atoms with van der Waals surface area (Å²) in [5, 5.41) is 9.70. The number of hydrogen-bond donors (Lipinski definition) is 4. The summed E-state index contributed by atoms with van der Waals surface area (Å²) in [6, 6.07) is 0. The second-order valence-corrected chi connectivity index (χ2v) is 4.33. The van der Waals surface area contributed by atoms with Gasteiger partial charge in [0.05, 0.1) is 13.1 Å². The SMILES string of the molecule is CNC(=O)OCCNC(=O)CCCC(=O)NCCOC(=O)NC. The summed E-state index contributed by atoms with van der Waals surface area (Å²) in [7, 11) is 2.88. The second-order valence-electron chi connectivity index (χ2n) is 4.33. The molecule has 0 saturated carbocycles. The molecule has 0 aliphatic heterocycles. The van der Waals surface area contributed by atoms with Gasteiger partial charge < -0.3 is 30.7 Å². The van der Waals surface area contributed by atoms with Crippen LogP contribution in [0.4, 0.5) is 9.59 Å². The molecular weight excluding hydrogens is 308 g/mol. The average molecular weight is 332 g/mol. The summed E-state index contributed by atoms with van der Waals surface area (Å²) in [6.45, 7) is 0.596. The predicted molar refractivity (Wildman–Crippen MR) is 80.7 cm³/mol. The fourth-order valence-electron chi connectivity index (χ4n) is 1.40. The molecule has 0 fully saturated rings. The maximum absolute atomic E-state index is 11.4. The lowest BCUT2D eigenvalue weighted by molar-refractivity contribution is -0.122. The van der Waals surface area contributed by atoms with Gasteiger partial charge in [-0.15, -0.1) is 0 Å². The van der Waals surface area contributed by atoms with Gasteiger partial charge in [-0.25, -0.2) is 9.59 Å². The number of rotatable bonds is 10. The Morgan fingerprint density at radius 1 is 0.739 bits per heavy atom. The van der Waals surface area contributed by atoms with Crippen LogP contribution in [0.25, 0.3) is 0 Å². The molecule has 0 bridgehead atoms. The minimum atomic E-state index is -0.559. The zero-order chi connectivity index (χ0) is 17.5. The van der Waals surface area contributed by atoms with E-state index in [4.69, 9.17) is 9.47 Å². The normalized spacial score (nSPS) is 9.48. The maximum atomic E-state index is 11.4. The van der Waals surface area contributed by atoms with Crippen molar-refractivity contribution in [3.8, 4) is 0 Å². The fourth-order valence-corrected chi connectivity index (χ4v) is 1.40. The summed E-state index contributed by atoms with van der Waals surface area (Å²) in [6.07, 6.45) is -0.332. The van der Waals surface area contributed by atoms with Crippen molar-refractivity contribution in [1.29, 1.82) is 0 Å². The van der Waals surface area contributed by atoms with E-state index in [1.54, 1.807) is 0 Å². The largest absolute Gasteiger partial charge is 0.448 e. The van der Waals surface area contributed by atoms with Crippen molar-refractivity contribution < 1.29 is 28.7 Å². The van der Waals surface area contributed by atoms with Crippen molar-refractivity contribution in [1.82, 2.24) is 21.3 Å². The second kappa shape index (κ2) is 13.2. The monoisotopic (exact) mass is 332 g/mol. The third-order valence-corrected chi connectivity index (χ3v) is 2.53. The molecule has 0 aromatic rings.